The maximum absolute atomic E-state index is 4.11. The van der Waals surface area contributed by atoms with Gasteiger partial charge in [-0.3, -0.25) is 5.10 Å². The van der Waals surface area contributed by atoms with Gasteiger partial charge >= 0.3 is 0 Å². The summed E-state index contributed by atoms with van der Waals surface area (Å²) in [7, 11) is 0. The quantitative estimate of drug-likeness (QED) is 0.880. The van der Waals surface area contributed by atoms with E-state index in [-0.39, 0.29) is 0 Å². The van der Waals surface area contributed by atoms with Crippen LogP contribution in [-0.4, -0.2) is 20.2 Å². The Morgan fingerprint density at radius 3 is 2.38 bits per heavy atom. The van der Waals surface area contributed by atoms with Crippen molar-refractivity contribution in [2.24, 2.45) is 0 Å². The maximum Gasteiger partial charge on any atom is 0.164 e. The maximum atomic E-state index is 4.11. The molecule has 0 radical (unpaired) electrons. The first-order valence-electron chi connectivity index (χ1n) is 3.46. The summed E-state index contributed by atoms with van der Waals surface area (Å²) in [5.41, 5.74) is 0.834. The van der Waals surface area contributed by atoms with Crippen LogP contribution in [0.4, 0.5) is 0 Å². The molecule has 0 aromatic carbocycles. The van der Waals surface area contributed by atoms with E-state index in [0.717, 1.165) is 10.2 Å². The highest BCUT2D eigenvalue weighted by molar-refractivity contribution is 9.11. The summed E-state index contributed by atoms with van der Waals surface area (Å²) in [6.07, 6.45) is 3.38. The predicted octanol–water partition coefficient (Wildman–Crippen LogP) is 2.39. The third-order valence-electron chi connectivity index (χ3n) is 1.47. The lowest BCUT2D eigenvalue weighted by atomic mass is 10.3. The molecule has 0 fully saturated rings. The number of rotatable bonds is 1. The molecule has 0 aliphatic heterocycles. The number of hydrogen-bond donors (Lipinski definition) is 1. The lowest BCUT2D eigenvalue weighted by Gasteiger charge is -1.95. The normalized spacial score (nSPS) is 10.3. The lowest BCUT2D eigenvalue weighted by molar-refractivity contribution is 1.05. The van der Waals surface area contributed by atoms with E-state index in [1.807, 2.05) is 0 Å². The first kappa shape index (κ1) is 8.83. The van der Waals surface area contributed by atoms with Gasteiger partial charge in [0.15, 0.2) is 5.82 Å². The Labute approximate surface area is 91.1 Å². The summed E-state index contributed by atoms with van der Waals surface area (Å²) in [4.78, 5) is 8.22. The van der Waals surface area contributed by atoms with Crippen molar-refractivity contribution in [1.82, 2.24) is 20.2 Å². The van der Waals surface area contributed by atoms with E-state index < -0.39 is 0 Å². The summed E-state index contributed by atoms with van der Waals surface area (Å²) in [6, 6.07) is 1.77. The molecule has 1 N–H and O–H groups in total. The number of halogens is 2. The Morgan fingerprint density at radius 2 is 1.85 bits per heavy atom. The van der Waals surface area contributed by atoms with Gasteiger partial charge in [0, 0.05) is 12.4 Å². The minimum Gasteiger partial charge on any atom is -0.269 e. The van der Waals surface area contributed by atoms with Gasteiger partial charge in [-0.05, 0) is 37.9 Å². The molecule has 0 saturated carbocycles. The zero-order chi connectivity index (χ0) is 9.26. The van der Waals surface area contributed by atoms with Gasteiger partial charge in [0.2, 0.25) is 0 Å². The SMILES string of the molecule is Brc1n[nH]c(Br)c1-c1ncccn1. The van der Waals surface area contributed by atoms with Crippen LogP contribution in [0, 0.1) is 0 Å². The van der Waals surface area contributed by atoms with Crippen molar-refractivity contribution < 1.29 is 0 Å². The highest BCUT2D eigenvalue weighted by atomic mass is 79.9. The van der Waals surface area contributed by atoms with Gasteiger partial charge in [0.1, 0.15) is 9.21 Å². The van der Waals surface area contributed by atoms with E-state index >= 15 is 0 Å². The number of aromatic amines is 1. The summed E-state index contributed by atoms with van der Waals surface area (Å²) >= 11 is 6.63. The Kier molecular flexibility index (Phi) is 2.41. The second-order valence-electron chi connectivity index (χ2n) is 2.28. The second-order valence-corrected chi connectivity index (χ2v) is 3.82. The van der Waals surface area contributed by atoms with Crippen molar-refractivity contribution in [2.75, 3.05) is 0 Å². The van der Waals surface area contributed by atoms with Gasteiger partial charge < -0.3 is 0 Å². The number of H-pyrrole nitrogens is 1. The van der Waals surface area contributed by atoms with Gasteiger partial charge in [-0.15, -0.1) is 0 Å². The van der Waals surface area contributed by atoms with Crippen molar-refractivity contribution in [2.45, 2.75) is 0 Å². The fourth-order valence-corrected chi connectivity index (χ4v) is 2.10. The van der Waals surface area contributed by atoms with E-state index in [1.165, 1.54) is 0 Å². The lowest BCUT2D eigenvalue weighted by Crippen LogP contribution is -1.86. The second kappa shape index (κ2) is 3.55. The van der Waals surface area contributed by atoms with E-state index in [1.54, 1.807) is 18.5 Å². The Bertz CT molecular complexity index is 392. The number of hydrogen-bond acceptors (Lipinski definition) is 3. The minimum atomic E-state index is 0.634. The minimum absolute atomic E-state index is 0.634. The molecule has 0 aliphatic carbocycles. The average molecular weight is 304 g/mol. The molecule has 0 saturated heterocycles. The van der Waals surface area contributed by atoms with Crippen molar-refractivity contribution in [3.05, 3.63) is 27.7 Å². The Hall–Kier alpha value is -0.750. The first-order chi connectivity index (χ1) is 6.29. The van der Waals surface area contributed by atoms with Gasteiger partial charge in [-0.25, -0.2) is 9.97 Å². The molecular formula is C7H4Br2N4. The number of nitrogens with one attached hydrogen (secondary N) is 1. The van der Waals surface area contributed by atoms with Gasteiger partial charge in [0.25, 0.3) is 0 Å². The largest absolute Gasteiger partial charge is 0.269 e. The molecule has 0 atom stereocenters. The van der Waals surface area contributed by atoms with Crippen LogP contribution in [0.15, 0.2) is 27.7 Å². The Morgan fingerprint density at radius 1 is 1.15 bits per heavy atom. The van der Waals surface area contributed by atoms with Crippen LogP contribution in [0.5, 0.6) is 0 Å². The summed E-state index contributed by atoms with van der Waals surface area (Å²) in [6.45, 7) is 0. The molecule has 4 nitrogen and oxygen atoms in total. The molecule has 13 heavy (non-hydrogen) atoms. The smallest absolute Gasteiger partial charge is 0.164 e. The highest BCUT2D eigenvalue weighted by Gasteiger charge is 2.12. The van der Waals surface area contributed by atoms with Crippen molar-refractivity contribution >= 4 is 31.9 Å². The van der Waals surface area contributed by atoms with Crippen LogP contribution < -0.4 is 0 Å². The molecule has 2 heterocycles. The van der Waals surface area contributed by atoms with Crippen LogP contribution in [0.25, 0.3) is 11.4 Å². The zero-order valence-electron chi connectivity index (χ0n) is 6.33. The zero-order valence-corrected chi connectivity index (χ0v) is 9.50. The van der Waals surface area contributed by atoms with E-state index in [9.17, 15) is 0 Å². The fraction of sp³-hybridized carbons (Fsp3) is 0. The highest BCUT2D eigenvalue weighted by Crippen LogP contribution is 2.29. The molecular weight excluding hydrogens is 300 g/mol. The van der Waals surface area contributed by atoms with Crippen molar-refractivity contribution in [3.63, 3.8) is 0 Å². The van der Waals surface area contributed by atoms with E-state index in [0.29, 0.717) is 10.4 Å². The van der Waals surface area contributed by atoms with Gasteiger partial charge in [-0.2, -0.15) is 5.10 Å². The van der Waals surface area contributed by atoms with Crippen molar-refractivity contribution in [1.29, 1.82) is 0 Å². The van der Waals surface area contributed by atoms with Gasteiger partial charge in [-0.1, -0.05) is 0 Å². The van der Waals surface area contributed by atoms with Crippen LogP contribution in [0.3, 0.4) is 0 Å². The summed E-state index contributed by atoms with van der Waals surface area (Å²) < 4.78 is 1.47. The third-order valence-corrected chi connectivity index (χ3v) is 2.62. The molecule has 2 aromatic heterocycles. The molecule has 0 aliphatic rings. The topological polar surface area (TPSA) is 54.5 Å². The molecule has 0 spiro atoms. The third kappa shape index (κ3) is 1.64. The monoisotopic (exact) mass is 302 g/mol. The van der Waals surface area contributed by atoms with Crippen LogP contribution in [-0.2, 0) is 0 Å². The molecule has 0 bridgehead atoms. The van der Waals surface area contributed by atoms with Crippen molar-refractivity contribution in [3.8, 4) is 11.4 Å². The number of aromatic nitrogens is 4. The van der Waals surface area contributed by atoms with Crippen LogP contribution >= 0.6 is 31.9 Å². The summed E-state index contributed by atoms with van der Waals surface area (Å²) in [5.74, 6) is 0.634. The molecule has 6 heteroatoms. The van der Waals surface area contributed by atoms with E-state index in [4.69, 9.17) is 0 Å². The van der Waals surface area contributed by atoms with Crippen LogP contribution in [0.2, 0.25) is 0 Å². The molecule has 2 aromatic rings. The average Bonchev–Trinajstić information content (AvgIpc) is 2.48. The van der Waals surface area contributed by atoms with Crippen LogP contribution in [0.1, 0.15) is 0 Å². The molecule has 66 valence electrons. The Balaban J connectivity index is 2.59. The molecule has 0 unspecified atom stereocenters. The van der Waals surface area contributed by atoms with Gasteiger partial charge in [0.05, 0.1) is 5.56 Å². The summed E-state index contributed by atoms with van der Waals surface area (Å²) in [5, 5.41) is 6.73. The molecule has 2 rings (SSSR count). The first-order valence-corrected chi connectivity index (χ1v) is 5.04. The predicted molar refractivity (Wildman–Crippen MR) is 55.0 cm³/mol. The standard InChI is InChI=1S/C7H4Br2N4/c8-5-4(6(9)13-12-5)7-10-2-1-3-11-7/h1-3H,(H,12,13). The fourth-order valence-electron chi connectivity index (χ4n) is 0.919. The molecule has 0 amide bonds. The number of nitrogens with zero attached hydrogens (tertiary/aromatic N) is 3. The van der Waals surface area contributed by atoms with E-state index in [2.05, 4.69) is 52.0 Å².